The number of hydrogen-bond donors (Lipinski definition) is 3. The molecule has 0 rings (SSSR count). The molecule has 3 N–H and O–H groups in total. The minimum atomic E-state index is -4.95. The molecule has 0 heterocycles. The van der Waals surface area contributed by atoms with E-state index < -0.39 is 97.5 Å². The third-order valence-corrected chi connectivity index (χ3v) is 18.6. The molecule has 0 bridgehead atoms. The van der Waals surface area contributed by atoms with E-state index in [0.717, 1.165) is 120 Å². The number of hydrogen-bond acceptors (Lipinski definition) is 15. The Bertz CT molecular complexity index is 1780. The van der Waals surface area contributed by atoms with Gasteiger partial charge in [-0.15, -0.1) is 0 Å². The molecule has 6 atom stereocenters. The summed E-state index contributed by atoms with van der Waals surface area (Å²) in [6.07, 6.45) is 43.2. The Hall–Kier alpha value is -1.94. The summed E-state index contributed by atoms with van der Waals surface area (Å²) in [6, 6.07) is 0. The molecule has 19 heteroatoms. The fourth-order valence-corrected chi connectivity index (χ4v) is 12.2. The summed E-state index contributed by atoms with van der Waals surface area (Å²) >= 11 is 0. The highest BCUT2D eigenvalue weighted by Gasteiger charge is 2.30. The first-order valence-electron chi connectivity index (χ1n) is 36.7. The molecular weight excluding hydrogens is 1190 g/mol. The lowest BCUT2D eigenvalue weighted by molar-refractivity contribution is -0.161. The molecule has 3 unspecified atom stereocenters. The van der Waals surface area contributed by atoms with Gasteiger partial charge in [-0.05, 0) is 49.4 Å². The Kier molecular flexibility index (Phi) is 59.4. The number of aliphatic hydroxyl groups is 1. The zero-order valence-electron chi connectivity index (χ0n) is 58.8. The van der Waals surface area contributed by atoms with Gasteiger partial charge in [0.2, 0.25) is 0 Å². The highest BCUT2D eigenvalue weighted by Crippen LogP contribution is 2.45. The summed E-state index contributed by atoms with van der Waals surface area (Å²) < 4.78 is 68.3. The lowest BCUT2D eigenvalue weighted by Crippen LogP contribution is -2.30. The summed E-state index contributed by atoms with van der Waals surface area (Å²) in [4.78, 5) is 72.5. The van der Waals surface area contributed by atoms with Gasteiger partial charge in [0.25, 0.3) is 0 Å². The van der Waals surface area contributed by atoms with Crippen LogP contribution in [-0.4, -0.2) is 96.7 Å². The average Bonchev–Trinajstić information content (AvgIpc) is 3.53. The van der Waals surface area contributed by atoms with Crippen LogP contribution in [0.15, 0.2) is 0 Å². The van der Waals surface area contributed by atoms with E-state index in [0.29, 0.717) is 25.7 Å². The highest BCUT2D eigenvalue weighted by atomic mass is 31.2. The second-order valence-corrected chi connectivity index (χ2v) is 30.2. The van der Waals surface area contributed by atoms with Crippen LogP contribution >= 0.6 is 15.6 Å². The summed E-state index contributed by atoms with van der Waals surface area (Å²) in [5, 5.41) is 10.6. The quantitative estimate of drug-likeness (QED) is 0.0222. The topological polar surface area (TPSA) is 237 Å². The SMILES string of the molecule is CCC(C)CCCCCCCCC(=O)OC[C@H](COP(=O)(O)OC[C@H](O)COP(=O)(O)OC[C@@H](COC(=O)CCCCCCCCCCC(C)C)OC(=O)CCCCCCCCCCC(C)C)OC(=O)CCCCCCCCCCCCCCCCCC(C)C. The Morgan fingerprint density at radius 1 is 0.311 bits per heavy atom. The monoisotopic (exact) mass is 1320 g/mol. The number of rotatable bonds is 68. The lowest BCUT2D eigenvalue weighted by atomic mass is 10.00. The van der Waals surface area contributed by atoms with Gasteiger partial charge >= 0.3 is 39.5 Å². The Balaban J connectivity index is 5.22. The molecule has 0 aliphatic rings. The van der Waals surface area contributed by atoms with E-state index in [2.05, 4.69) is 55.4 Å². The molecule has 0 fully saturated rings. The van der Waals surface area contributed by atoms with Crippen molar-refractivity contribution < 1.29 is 80.2 Å². The zero-order chi connectivity index (χ0) is 66.8. The molecule has 0 saturated carbocycles. The van der Waals surface area contributed by atoms with Crippen molar-refractivity contribution in [3.05, 3.63) is 0 Å². The molecule has 534 valence electrons. The lowest BCUT2D eigenvalue weighted by Gasteiger charge is -2.21. The smallest absolute Gasteiger partial charge is 0.462 e. The van der Waals surface area contributed by atoms with Gasteiger partial charge in [0.1, 0.15) is 19.3 Å². The van der Waals surface area contributed by atoms with Crippen LogP contribution in [0.25, 0.3) is 0 Å². The molecule has 0 aromatic heterocycles. The van der Waals surface area contributed by atoms with Gasteiger partial charge in [-0.1, -0.05) is 299 Å². The number of aliphatic hydroxyl groups excluding tert-OH is 1. The van der Waals surface area contributed by atoms with Gasteiger partial charge in [-0.25, -0.2) is 9.13 Å². The van der Waals surface area contributed by atoms with E-state index in [4.69, 9.17) is 37.0 Å². The Morgan fingerprint density at radius 2 is 0.533 bits per heavy atom. The third-order valence-electron chi connectivity index (χ3n) is 16.7. The maximum Gasteiger partial charge on any atom is 0.472 e. The number of carbonyl (C=O) groups excluding carboxylic acids is 4. The van der Waals surface area contributed by atoms with Crippen molar-refractivity contribution in [3.63, 3.8) is 0 Å². The summed E-state index contributed by atoms with van der Waals surface area (Å²) in [5.74, 6) is 0.847. The van der Waals surface area contributed by atoms with E-state index in [1.807, 2.05) is 0 Å². The zero-order valence-corrected chi connectivity index (χ0v) is 60.6. The van der Waals surface area contributed by atoms with Crippen LogP contribution in [0.2, 0.25) is 0 Å². The normalized spacial score (nSPS) is 14.6. The van der Waals surface area contributed by atoms with Crippen molar-refractivity contribution in [1.29, 1.82) is 0 Å². The van der Waals surface area contributed by atoms with Crippen LogP contribution in [-0.2, 0) is 65.4 Å². The summed E-state index contributed by atoms with van der Waals surface area (Å²) in [7, 11) is -9.90. The van der Waals surface area contributed by atoms with Gasteiger partial charge in [0, 0.05) is 25.7 Å². The Morgan fingerprint density at radius 3 is 0.789 bits per heavy atom. The van der Waals surface area contributed by atoms with Gasteiger partial charge in [-0.2, -0.15) is 0 Å². The first-order chi connectivity index (χ1) is 43.1. The standard InChI is InChI=1S/C71H138O17P2/c1-9-64(8)50-42-34-29-30-36-44-52-69(74)82-58-67(87-70(75)53-45-37-27-18-16-14-12-10-11-13-15-17-23-31-39-47-61(2)3)60-86-90(79,80)84-56-65(72)55-83-89(77,78)85-59-66(88-71(76)54-46-38-28-22-20-25-33-41-49-63(6)7)57-81-68(73)51-43-35-26-21-19-24-32-40-48-62(4)5/h61-67,72H,9-60H2,1-8H3,(H,77,78)(H,79,80)/t64?,65-,66-,67-/m1/s1. The van der Waals surface area contributed by atoms with E-state index >= 15 is 0 Å². The van der Waals surface area contributed by atoms with Gasteiger partial charge in [0.05, 0.1) is 26.4 Å². The molecule has 0 spiro atoms. The Labute approximate surface area is 549 Å². The number of carbonyl (C=O) groups is 4. The van der Waals surface area contributed by atoms with Crippen LogP contribution in [0.4, 0.5) is 0 Å². The first-order valence-corrected chi connectivity index (χ1v) is 39.7. The van der Waals surface area contributed by atoms with E-state index in [9.17, 15) is 43.2 Å². The van der Waals surface area contributed by atoms with E-state index in [1.165, 1.54) is 148 Å². The first kappa shape index (κ1) is 88.1. The molecule has 0 aromatic carbocycles. The van der Waals surface area contributed by atoms with Crippen LogP contribution in [0.1, 0.15) is 351 Å². The molecule has 0 amide bonds. The average molecular weight is 1330 g/mol. The minimum absolute atomic E-state index is 0.103. The predicted octanol–water partition coefficient (Wildman–Crippen LogP) is 20.1. The molecule has 0 aromatic rings. The van der Waals surface area contributed by atoms with Gasteiger partial charge < -0.3 is 33.8 Å². The molecule has 0 aliphatic carbocycles. The highest BCUT2D eigenvalue weighted by molar-refractivity contribution is 7.47. The second kappa shape index (κ2) is 60.7. The van der Waals surface area contributed by atoms with Crippen molar-refractivity contribution in [2.75, 3.05) is 39.6 Å². The van der Waals surface area contributed by atoms with Crippen LogP contribution in [0.5, 0.6) is 0 Å². The molecule has 0 saturated heterocycles. The van der Waals surface area contributed by atoms with Crippen LogP contribution < -0.4 is 0 Å². The van der Waals surface area contributed by atoms with Gasteiger partial charge in [-0.3, -0.25) is 37.3 Å². The van der Waals surface area contributed by atoms with Crippen LogP contribution in [0, 0.1) is 23.7 Å². The number of unbranched alkanes of at least 4 members (excludes halogenated alkanes) is 33. The second-order valence-electron chi connectivity index (χ2n) is 27.3. The fourth-order valence-electron chi connectivity index (χ4n) is 10.6. The summed E-state index contributed by atoms with van der Waals surface area (Å²) in [5.41, 5.74) is 0. The van der Waals surface area contributed by atoms with E-state index in [1.54, 1.807) is 0 Å². The van der Waals surface area contributed by atoms with Crippen LogP contribution in [0.3, 0.4) is 0 Å². The van der Waals surface area contributed by atoms with Crippen molar-refractivity contribution in [3.8, 4) is 0 Å². The third kappa shape index (κ3) is 63.5. The molecule has 90 heavy (non-hydrogen) atoms. The maximum absolute atomic E-state index is 13.0. The van der Waals surface area contributed by atoms with Crippen molar-refractivity contribution >= 4 is 39.5 Å². The fraction of sp³-hybridized carbons (Fsp3) is 0.944. The van der Waals surface area contributed by atoms with Crippen molar-refractivity contribution in [2.24, 2.45) is 23.7 Å². The van der Waals surface area contributed by atoms with Gasteiger partial charge in [0.15, 0.2) is 12.2 Å². The largest absolute Gasteiger partial charge is 0.472 e. The molecular formula is C71H138O17P2. The number of ether oxygens (including phenoxy) is 4. The molecule has 17 nitrogen and oxygen atoms in total. The van der Waals surface area contributed by atoms with Crippen molar-refractivity contribution in [1.82, 2.24) is 0 Å². The number of esters is 4. The number of phosphoric acid groups is 2. The molecule has 0 radical (unpaired) electrons. The van der Waals surface area contributed by atoms with E-state index in [-0.39, 0.29) is 25.7 Å². The van der Waals surface area contributed by atoms with Crippen molar-refractivity contribution in [2.45, 2.75) is 369 Å². The molecule has 0 aliphatic heterocycles. The minimum Gasteiger partial charge on any atom is -0.462 e. The number of phosphoric ester groups is 2. The predicted molar refractivity (Wildman–Crippen MR) is 363 cm³/mol. The summed E-state index contributed by atoms with van der Waals surface area (Å²) in [6.45, 7) is 14.1. The maximum atomic E-state index is 13.0.